The summed E-state index contributed by atoms with van der Waals surface area (Å²) in [6, 6.07) is 2.62. The molecule has 0 saturated carbocycles. The van der Waals surface area contributed by atoms with Crippen molar-refractivity contribution in [2.45, 2.75) is 45.6 Å². The molecule has 94 valence electrons. The molecule has 0 spiro atoms. The first-order valence-corrected chi connectivity index (χ1v) is 5.93. The molecule has 0 radical (unpaired) electrons. The van der Waals surface area contributed by atoms with Gasteiger partial charge in [0.1, 0.15) is 6.26 Å². The highest BCUT2D eigenvalue weighted by Gasteiger charge is 2.12. The number of rotatable bonds is 6. The third kappa shape index (κ3) is 4.85. The molecule has 1 rings (SSSR count). The van der Waals surface area contributed by atoms with Gasteiger partial charge in [-0.2, -0.15) is 0 Å². The Morgan fingerprint density at radius 3 is 2.76 bits per heavy atom. The minimum absolute atomic E-state index is 0.110. The molecule has 1 aromatic heterocycles. The Morgan fingerprint density at radius 2 is 2.18 bits per heavy atom. The summed E-state index contributed by atoms with van der Waals surface area (Å²) in [5.41, 5.74) is -0.204. The lowest BCUT2D eigenvalue weighted by atomic mass is 10.1. The number of ether oxygens (including phenoxy) is 1. The summed E-state index contributed by atoms with van der Waals surface area (Å²) in [6.45, 7) is 4.00. The number of carbonyl (C=O) groups is 1. The van der Waals surface area contributed by atoms with E-state index in [2.05, 4.69) is 11.3 Å². The van der Waals surface area contributed by atoms with Crippen LogP contribution in [0.25, 0.3) is 0 Å². The highest BCUT2D eigenvalue weighted by Crippen LogP contribution is 2.09. The summed E-state index contributed by atoms with van der Waals surface area (Å²) in [5, 5.41) is 0. The molecule has 0 fully saturated rings. The van der Waals surface area contributed by atoms with Crippen molar-refractivity contribution in [3.8, 4) is 0 Å². The zero-order chi connectivity index (χ0) is 12.7. The second-order valence-electron chi connectivity index (χ2n) is 4.06. The summed E-state index contributed by atoms with van der Waals surface area (Å²) in [7, 11) is 0. The predicted octanol–water partition coefficient (Wildman–Crippen LogP) is 2.77. The summed E-state index contributed by atoms with van der Waals surface area (Å²) in [4.78, 5) is 22.3. The average molecular weight is 238 g/mol. The molecule has 4 heteroatoms. The van der Waals surface area contributed by atoms with Crippen molar-refractivity contribution in [3.63, 3.8) is 0 Å². The molecule has 4 nitrogen and oxygen atoms in total. The molecule has 0 aliphatic rings. The molecule has 0 saturated heterocycles. The van der Waals surface area contributed by atoms with Gasteiger partial charge in [-0.05, 0) is 25.8 Å². The van der Waals surface area contributed by atoms with E-state index in [4.69, 9.17) is 4.74 Å². The smallest absolute Gasteiger partial charge is 0.341 e. The van der Waals surface area contributed by atoms with Gasteiger partial charge in [0.15, 0.2) is 0 Å². The van der Waals surface area contributed by atoms with Gasteiger partial charge in [-0.3, -0.25) is 0 Å². The van der Waals surface area contributed by atoms with Gasteiger partial charge in [0.05, 0.1) is 11.7 Å². The Labute approximate surface area is 101 Å². The van der Waals surface area contributed by atoms with Crippen molar-refractivity contribution >= 4 is 5.97 Å². The minimum Gasteiger partial charge on any atom is -0.459 e. The Morgan fingerprint density at radius 1 is 1.41 bits per heavy atom. The van der Waals surface area contributed by atoms with Crippen LogP contribution in [-0.2, 0) is 4.74 Å². The minimum atomic E-state index is -0.474. The van der Waals surface area contributed by atoms with E-state index in [-0.39, 0.29) is 11.7 Å². The SMILES string of the molecule is CCCCCC(C)OC(=O)c1ccc(=O)oc1. The first-order valence-electron chi connectivity index (χ1n) is 5.93. The molecular weight excluding hydrogens is 220 g/mol. The zero-order valence-corrected chi connectivity index (χ0v) is 10.3. The number of unbranched alkanes of at least 4 members (excludes halogenated alkanes) is 2. The second-order valence-corrected chi connectivity index (χ2v) is 4.06. The van der Waals surface area contributed by atoms with E-state index in [1.807, 2.05) is 6.92 Å². The number of hydrogen-bond donors (Lipinski definition) is 0. The summed E-state index contributed by atoms with van der Waals surface area (Å²) >= 11 is 0. The molecule has 0 N–H and O–H groups in total. The van der Waals surface area contributed by atoms with Crippen molar-refractivity contribution in [1.29, 1.82) is 0 Å². The number of hydrogen-bond acceptors (Lipinski definition) is 4. The molecular formula is C13H18O4. The summed E-state index contributed by atoms with van der Waals surface area (Å²) in [6.07, 6.45) is 5.21. The van der Waals surface area contributed by atoms with Crippen molar-refractivity contribution in [2.24, 2.45) is 0 Å². The van der Waals surface area contributed by atoms with E-state index in [0.717, 1.165) is 31.9 Å². The van der Waals surface area contributed by atoms with Crippen molar-refractivity contribution in [3.05, 3.63) is 34.4 Å². The second kappa shape index (κ2) is 6.89. The zero-order valence-electron chi connectivity index (χ0n) is 10.3. The van der Waals surface area contributed by atoms with Crippen LogP contribution in [0.2, 0.25) is 0 Å². The van der Waals surface area contributed by atoms with Crippen molar-refractivity contribution < 1.29 is 13.9 Å². The Balaban J connectivity index is 2.43. The molecule has 0 aliphatic carbocycles. The first kappa shape index (κ1) is 13.5. The van der Waals surface area contributed by atoms with E-state index in [1.54, 1.807) is 0 Å². The van der Waals surface area contributed by atoms with Crippen LogP contribution in [-0.4, -0.2) is 12.1 Å². The summed E-state index contributed by atoms with van der Waals surface area (Å²) in [5.74, 6) is -0.447. The fourth-order valence-corrected chi connectivity index (χ4v) is 1.47. The normalized spacial score (nSPS) is 12.1. The molecule has 1 heterocycles. The summed E-state index contributed by atoms with van der Waals surface area (Å²) < 4.78 is 9.82. The molecule has 0 aromatic carbocycles. The van der Waals surface area contributed by atoms with Crippen LogP contribution in [0.4, 0.5) is 0 Å². The highest BCUT2D eigenvalue weighted by atomic mass is 16.5. The number of esters is 1. The van der Waals surface area contributed by atoms with Crippen LogP contribution in [0.3, 0.4) is 0 Å². The van der Waals surface area contributed by atoms with Crippen LogP contribution in [0.1, 0.15) is 49.9 Å². The average Bonchev–Trinajstić information content (AvgIpc) is 2.30. The maximum Gasteiger partial charge on any atom is 0.341 e. The van der Waals surface area contributed by atoms with E-state index in [9.17, 15) is 9.59 Å². The topological polar surface area (TPSA) is 56.5 Å². The Kier molecular flexibility index (Phi) is 5.46. The number of carbonyl (C=O) groups excluding carboxylic acids is 1. The van der Waals surface area contributed by atoms with Crippen molar-refractivity contribution in [1.82, 2.24) is 0 Å². The van der Waals surface area contributed by atoms with Gasteiger partial charge in [0.2, 0.25) is 0 Å². The molecule has 1 aromatic rings. The maximum atomic E-state index is 11.6. The standard InChI is InChI=1S/C13H18O4/c1-3-4-5-6-10(2)17-13(15)11-7-8-12(14)16-9-11/h7-10H,3-6H2,1-2H3. The fraction of sp³-hybridized carbons (Fsp3) is 0.538. The lowest BCUT2D eigenvalue weighted by molar-refractivity contribution is 0.0316. The first-order chi connectivity index (χ1) is 8.13. The molecule has 1 unspecified atom stereocenters. The lowest BCUT2D eigenvalue weighted by Crippen LogP contribution is -2.15. The molecule has 0 amide bonds. The fourth-order valence-electron chi connectivity index (χ4n) is 1.47. The van der Waals surface area contributed by atoms with Gasteiger partial charge in [-0.25, -0.2) is 9.59 Å². The Bertz CT molecular complexity index is 388. The lowest BCUT2D eigenvalue weighted by Gasteiger charge is -2.12. The van der Waals surface area contributed by atoms with Crippen LogP contribution in [0.15, 0.2) is 27.6 Å². The molecule has 0 aliphatic heterocycles. The van der Waals surface area contributed by atoms with Crippen LogP contribution in [0, 0.1) is 0 Å². The monoisotopic (exact) mass is 238 g/mol. The van der Waals surface area contributed by atoms with Gasteiger partial charge < -0.3 is 9.15 Å². The molecule has 1 atom stereocenters. The van der Waals surface area contributed by atoms with Crippen LogP contribution >= 0.6 is 0 Å². The molecule has 17 heavy (non-hydrogen) atoms. The maximum absolute atomic E-state index is 11.6. The van der Waals surface area contributed by atoms with Gasteiger partial charge >= 0.3 is 11.6 Å². The Hall–Kier alpha value is -1.58. The third-order valence-electron chi connectivity index (χ3n) is 2.46. The van der Waals surface area contributed by atoms with Crippen LogP contribution < -0.4 is 5.63 Å². The predicted molar refractivity (Wildman–Crippen MR) is 64.0 cm³/mol. The molecule has 0 bridgehead atoms. The van der Waals surface area contributed by atoms with Gasteiger partial charge in [-0.15, -0.1) is 0 Å². The van der Waals surface area contributed by atoms with E-state index >= 15 is 0 Å². The van der Waals surface area contributed by atoms with Gasteiger partial charge in [0, 0.05) is 6.07 Å². The van der Waals surface area contributed by atoms with E-state index in [0.29, 0.717) is 0 Å². The van der Waals surface area contributed by atoms with E-state index < -0.39 is 11.6 Å². The quantitative estimate of drug-likeness (QED) is 0.565. The van der Waals surface area contributed by atoms with E-state index in [1.165, 1.54) is 12.1 Å². The van der Waals surface area contributed by atoms with Gasteiger partial charge in [0.25, 0.3) is 0 Å². The highest BCUT2D eigenvalue weighted by molar-refractivity contribution is 5.88. The third-order valence-corrected chi connectivity index (χ3v) is 2.46. The van der Waals surface area contributed by atoms with Crippen LogP contribution in [0.5, 0.6) is 0 Å². The van der Waals surface area contributed by atoms with Crippen molar-refractivity contribution in [2.75, 3.05) is 0 Å². The largest absolute Gasteiger partial charge is 0.459 e. The van der Waals surface area contributed by atoms with Gasteiger partial charge in [-0.1, -0.05) is 19.8 Å².